The van der Waals surface area contributed by atoms with Gasteiger partial charge in [0.1, 0.15) is 11.9 Å². The standard InChI is InChI=1S/C27H32ClFN4OS/c1-17(16-33-12-11-19-14-21(29)8-10-24(19)33)30-26(34)23(13-18-5-3-2-4-6-18)32-27-31-22-9-7-20(28)15-25(22)35-27/h7-10,14-15,17-18,23H,2-6,11-13,16H2,1H3,(H,30,34)(H,31,32)/t17-,23-/m0/s1. The van der Waals surface area contributed by atoms with Crippen molar-refractivity contribution in [3.05, 3.63) is 52.8 Å². The third-order valence-electron chi connectivity index (χ3n) is 7.17. The maximum Gasteiger partial charge on any atom is 0.242 e. The van der Waals surface area contributed by atoms with Gasteiger partial charge in [-0.05, 0) is 67.6 Å². The Hall–Kier alpha value is -2.38. The van der Waals surface area contributed by atoms with Gasteiger partial charge in [0.15, 0.2) is 5.13 Å². The van der Waals surface area contributed by atoms with E-state index in [4.69, 9.17) is 16.6 Å². The number of carbonyl (C=O) groups is 1. The summed E-state index contributed by atoms with van der Waals surface area (Å²) < 4.78 is 14.6. The van der Waals surface area contributed by atoms with E-state index in [0.29, 0.717) is 17.5 Å². The predicted molar refractivity (Wildman–Crippen MR) is 143 cm³/mol. The van der Waals surface area contributed by atoms with Gasteiger partial charge in [0.25, 0.3) is 0 Å². The van der Waals surface area contributed by atoms with Gasteiger partial charge in [-0.25, -0.2) is 9.37 Å². The van der Waals surface area contributed by atoms with Crippen LogP contribution in [0.15, 0.2) is 36.4 Å². The summed E-state index contributed by atoms with van der Waals surface area (Å²) in [6.07, 6.45) is 7.77. The number of hydrogen-bond acceptors (Lipinski definition) is 5. The zero-order chi connectivity index (χ0) is 24.4. The highest BCUT2D eigenvalue weighted by atomic mass is 35.5. The maximum atomic E-state index is 13.6. The van der Waals surface area contributed by atoms with Crippen LogP contribution in [0.25, 0.3) is 10.2 Å². The molecule has 0 unspecified atom stereocenters. The number of benzene rings is 2. The van der Waals surface area contributed by atoms with Crippen LogP contribution < -0.4 is 15.5 Å². The van der Waals surface area contributed by atoms with E-state index in [1.54, 1.807) is 6.07 Å². The molecule has 1 amide bonds. The zero-order valence-corrected chi connectivity index (χ0v) is 21.6. The van der Waals surface area contributed by atoms with Crippen LogP contribution in [-0.2, 0) is 11.2 Å². The van der Waals surface area contributed by atoms with E-state index in [9.17, 15) is 9.18 Å². The molecule has 2 aliphatic rings. The summed E-state index contributed by atoms with van der Waals surface area (Å²) in [7, 11) is 0. The molecule has 1 fully saturated rings. The quantitative estimate of drug-likeness (QED) is 0.365. The Morgan fingerprint density at radius 1 is 1.23 bits per heavy atom. The molecule has 35 heavy (non-hydrogen) atoms. The molecular weight excluding hydrogens is 483 g/mol. The fourth-order valence-electron chi connectivity index (χ4n) is 5.44. The van der Waals surface area contributed by atoms with Gasteiger partial charge in [-0.15, -0.1) is 0 Å². The molecular formula is C27H32ClFN4OS. The molecule has 1 saturated carbocycles. The summed E-state index contributed by atoms with van der Waals surface area (Å²) >= 11 is 7.68. The van der Waals surface area contributed by atoms with Gasteiger partial charge in [0.05, 0.1) is 10.2 Å². The van der Waals surface area contributed by atoms with Crippen molar-refractivity contribution in [1.82, 2.24) is 10.3 Å². The van der Waals surface area contributed by atoms with Crippen LogP contribution in [0.4, 0.5) is 15.2 Å². The van der Waals surface area contributed by atoms with Crippen molar-refractivity contribution < 1.29 is 9.18 Å². The van der Waals surface area contributed by atoms with Crippen molar-refractivity contribution in [2.45, 2.75) is 64.0 Å². The molecule has 2 heterocycles. The molecule has 0 spiro atoms. The molecule has 1 aliphatic heterocycles. The summed E-state index contributed by atoms with van der Waals surface area (Å²) in [5.74, 6) is 0.367. The van der Waals surface area contributed by atoms with Crippen molar-refractivity contribution in [2.75, 3.05) is 23.3 Å². The number of hydrogen-bond donors (Lipinski definition) is 2. The number of halogens is 2. The second kappa shape index (κ2) is 10.7. The first-order valence-corrected chi connectivity index (χ1v) is 13.8. The van der Waals surface area contributed by atoms with E-state index >= 15 is 0 Å². The molecule has 1 aliphatic carbocycles. The third kappa shape index (κ3) is 5.89. The Bertz CT molecular complexity index is 1200. The molecule has 5 rings (SSSR count). The number of aromatic nitrogens is 1. The third-order valence-corrected chi connectivity index (χ3v) is 8.36. The second-order valence-corrected chi connectivity index (χ2v) is 11.4. The Balaban J connectivity index is 1.26. The second-order valence-electron chi connectivity index (χ2n) is 9.95. The molecule has 5 nitrogen and oxygen atoms in total. The van der Waals surface area contributed by atoms with Gasteiger partial charge >= 0.3 is 0 Å². The molecule has 2 atom stereocenters. The highest BCUT2D eigenvalue weighted by Gasteiger charge is 2.28. The topological polar surface area (TPSA) is 57.3 Å². The van der Waals surface area contributed by atoms with Crippen LogP contribution in [0.1, 0.15) is 51.0 Å². The number of carbonyl (C=O) groups excluding carboxylic acids is 1. The van der Waals surface area contributed by atoms with Crippen LogP contribution in [0, 0.1) is 11.7 Å². The molecule has 1 aromatic heterocycles. The fraction of sp³-hybridized carbons (Fsp3) is 0.481. The van der Waals surface area contributed by atoms with Gasteiger partial charge in [-0.2, -0.15) is 0 Å². The number of fused-ring (bicyclic) bond motifs is 2. The Morgan fingerprint density at radius 2 is 2.06 bits per heavy atom. The molecule has 3 aromatic rings. The Morgan fingerprint density at radius 3 is 2.89 bits per heavy atom. The van der Waals surface area contributed by atoms with Gasteiger partial charge in [0, 0.05) is 29.8 Å². The number of rotatable bonds is 8. The smallest absolute Gasteiger partial charge is 0.242 e. The summed E-state index contributed by atoms with van der Waals surface area (Å²) in [4.78, 5) is 20.4. The highest BCUT2D eigenvalue weighted by Crippen LogP contribution is 2.32. The number of thiazole rings is 1. The van der Waals surface area contributed by atoms with Crippen molar-refractivity contribution in [1.29, 1.82) is 0 Å². The first kappa shape index (κ1) is 24.3. The summed E-state index contributed by atoms with van der Waals surface area (Å²) in [5, 5.41) is 8.13. The average molecular weight is 515 g/mol. The number of amides is 1. The van der Waals surface area contributed by atoms with Crippen molar-refractivity contribution >= 4 is 49.9 Å². The lowest BCUT2D eigenvalue weighted by Gasteiger charge is -2.29. The van der Waals surface area contributed by atoms with Gasteiger partial charge in [-0.1, -0.05) is 55.0 Å². The Kier molecular flexibility index (Phi) is 7.44. The largest absolute Gasteiger partial charge is 0.369 e. The molecule has 0 radical (unpaired) electrons. The first-order valence-electron chi connectivity index (χ1n) is 12.6. The van der Waals surface area contributed by atoms with Crippen LogP contribution >= 0.6 is 22.9 Å². The minimum absolute atomic E-state index is 0.0129. The van der Waals surface area contributed by atoms with Gasteiger partial charge in [-0.3, -0.25) is 4.79 Å². The van der Waals surface area contributed by atoms with Crippen LogP contribution in [0.5, 0.6) is 0 Å². The minimum atomic E-state index is -0.337. The first-order chi connectivity index (χ1) is 16.9. The normalized spacial score (nSPS) is 17.9. The number of anilines is 2. The van der Waals surface area contributed by atoms with Crippen LogP contribution in [0.3, 0.4) is 0 Å². The lowest BCUT2D eigenvalue weighted by molar-refractivity contribution is -0.122. The van der Waals surface area contributed by atoms with Crippen molar-refractivity contribution in [3.8, 4) is 0 Å². The van der Waals surface area contributed by atoms with Gasteiger partial charge in [0.2, 0.25) is 5.91 Å². The predicted octanol–water partition coefficient (Wildman–Crippen LogP) is 6.41. The number of nitrogens with one attached hydrogen (secondary N) is 2. The summed E-state index contributed by atoms with van der Waals surface area (Å²) in [6, 6.07) is 10.3. The molecule has 2 aromatic carbocycles. The highest BCUT2D eigenvalue weighted by molar-refractivity contribution is 7.22. The summed E-state index contributed by atoms with van der Waals surface area (Å²) in [5.41, 5.74) is 2.99. The van der Waals surface area contributed by atoms with Crippen molar-refractivity contribution in [3.63, 3.8) is 0 Å². The van der Waals surface area contributed by atoms with E-state index < -0.39 is 0 Å². The van der Waals surface area contributed by atoms with Crippen molar-refractivity contribution in [2.24, 2.45) is 5.92 Å². The lowest BCUT2D eigenvalue weighted by atomic mass is 9.84. The van der Waals surface area contributed by atoms with E-state index in [2.05, 4.69) is 15.5 Å². The lowest BCUT2D eigenvalue weighted by Crippen LogP contribution is -2.48. The maximum absolute atomic E-state index is 13.6. The molecule has 2 N–H and O–H groups in total. The van der Waals surface area contributed by atoms with Crippen LogP contribution in [-0.4, -0.2) is 36.1 Å². The summed E-state index contributed by atoms with van der Waals surface area (Å²) in [6.45, 7) is 3.58. The Labute approximate surface area is 215 Å². The number of nitrogens with zero attached hydrogens (tertiary/aromatic N) is 2. The monoisotopic (exact) mass is 514 g/mol. The minimum Gasteiger partial charge on any atom is -0.369 e. The van der Waals surface area contributed by atoms with E-state index in [1.807, 2.05) is 31.2 Å². The molecule has 0 saturated heterocycles. The van der Waals surface area contributed by atoms with Gasteiger partial charge < -0.3 is 15.5 Å². The fourth-order valence-corrected chi connectivity index (χ4v) is 6.64. The molecule has 8 heteroatoms. The van der Waals surface area contributed by atoms with E-state index in [-0.39, 0.29) is 23.8 Å². The molecule has 0 bridgehead atoms. The molecule has 186 valence electrons. The van der Waals surface area contributed by atoms with E-state index in [0.717, 1.165) is 46.0 Å². The van der Waals surface area contributed by atoms with Crippen LogP contribution in [0.2, 0.25) is 5.02 Å². The SMILES string of the molecule is C[C@@H](CN1CCc2cc(F)ccc21)NC(=O)[C@H](CC1CCCCC1)Nc1nc2ccc(Cl)cc2s1. The average Bonchev–Trinajstić information content (AvgIpc) is 3.41. The zero-order valence-electron chi connectivity index (χ0n) is 20.0. The van der Waals surface area contributed by atoms with E-state index in [1.165, 1.54) is 49.5 Å².